The number of hydrogen-bond donors (Lipinski definition) is 2. The second-order valence-corrected chi connectivity index (χ2v) is 8.74. The lowest BCUT2D eigenvalue weighted by molar-refractivity contribution is -0.139. The molecule has 7 nitrogen and oxygen atoms in total. The SMILES string of the molecule is Cc1nn(C(C)(C)C)c2nc(C(C)C)cc(C(=O)NC(C(=O)O)C3CC3)c12. The van der Waals surface area contributed by atoms with Crippen LogP contribution in [-0.4, -0.2) is 37.8 Å². The summed E-state index contributed by atoms with van der Waals surface area (Å²) in [6.07, 6.45) is 1.67. The van der Waals surface area contributed by atoms with Gasteiger partial charge in [-0.25, -0.2) is 14.5 Å². The Bertz CT molecular complexity index is 904. The number of carbonyl (C=O) groups excluding carboxylic acids is 1. The minimum atomic E-state index is -0.984. The number of amides is 1. The maximum Gasteiger partial charge on any atom is 0.326 e. The van der Waals surface area contributed by atoms with Crippen LogP contribution in [-0.2, 0) is 10.3 Å². The van der Waals surface area contributed by atoms with Crippen LogP contribution in [0.15, 0.2) is 6.07 Å². The predicted molar refractivity (Wildman–Crippen MR) is 103 cm³/mol. The fourth-order valence-electron chi connectivity index (χ4n) is 3.28. The second-order valence-electron chi connectivity index (χ2n) is 8.74. The van der Waals surface area contributed by atoms with Gasteiger partial charge in [0, 0.05) is 5.69 Å². The van der Waals surface area contributed by atoms with Crippen molar-refractivity contribution in [1.29, 1.82) is 0 Å². The molecule has 1 unspecified atom stereocenters. The van der Waals surface area contributed by atoms with Crippen molar-refractivity contribution in [1.82, 2.24) is 20.1 Å². The van der Waals surface area contributed by atoms with Crippen LogP contribution >= 0.6 is 0 Å². The van der Waals surface area contributed by atoms with Gasteiger partial charge in [0.1, 0.15) is 6.04 Å². The fraction of sp³-hybridized carbons (Fsp3) is 0.600. The van der Waals surface area contributed by atoms with E-state index in [-0.39, 0.29) is 23.3 Å². The van der Waals surface area contributed by atoms with E-state index in [1.165, 1.54) is 0 Å². The Morgan fingerprint density at radius 2 is 1.93 bits per heavy atom. The summed E-state index contributed by atoms with van der Waals surface area (Å²) in [5.41, 5.74) is 2.32. The minimum Gasteiger partial charge on any atom is -0.480 e. The molecule has 1 aliphatic carbocycles. The highest BCUT2D eigenvalue weighted by Crippen LogP contribution is 2.33. The summed E-state index contributed by atoms with van der Waals surface area (Å²) in [5, 5.41) is 17.5. The Kier molecular flexibility index (Phi) is 4.74. The zero-order valence-electron chi connectivity index (χ0n) is 16.8. The molecule has 1 amide bonds. The van der Waals surface area contributed by atoms with Crippen LogP contribution in [0.25, 0.3) is 11.0 Å². The van der Waals surface area contributed by atoms with Crippen LogP contribution in [0.1, 0.15) is 75.1 Å². The number of hydrogen-bond acceptors (Lipinski definition) is 4. The molecule has 2 heterocycles. The topological polar surface area (TPSA) is 97.1 Å². The Labute approximate surface area is 159 Å². The Morgan fingerprint density at radius 1 is 1.30 bits per heavy atom. The molecule has 1 atom stereocenters. The number of nitrogens with one attached hydrogen (secondary N) is 1. The Hall–Kier alpha value is -2.44. The third-order valence-corrected chi connectivity index (χ3v) is 4.95. The molecule has 146 valence electrons. The molecule has 0 saturated heterocycles. The fourth-order valence-corrected chi connectivity index (χ4v) is 3.28. The third kappa shape index (κ3) is 3.68. The number of aliphatic carboxylic acids is 1. The maximum absolute atomic E-state index is 13.1. The van der Waals surface area contributed by atoms with Crippen LogP contribution < -0.4 is 5.32 Å². The first-order chi connectivity index (χ1) is 12.5. The van der Waals surface area contributed by atoms with Crippen LogP contribution in [0.5, 0.6) is 0 Å². The van der Waals surface area contributed by atoms with Crippen LogP contribution in [0.2, 0.25) is 0 Å². The summed E-state index contributed by atoms with van der Waals surface area (Å²) in [6.45, 7) is 12.0. The molecule has 7 heteroatoms. The average molecular weight is 372 g/mol. The van der Waals surface area contributed by atoms with Crippen molar-refractivity contribution < 1.29 is 14.7 Å². The largest absolute Gasteiger partial charge is 0.480 e. The molecule has 2 N–H and O–H groups in total. The lowest BCUT2D eigenvalue weighted by Crippen LogP contribution is -2.42. The van der Waals surface area contributed by atoms with E-state index >= 15 is 0 Å². The summed E-state index contributed by atoms with van der Waals surface area (Å²) in [4.78, 5) is 29.4. The van der Waals surface area contributed by atoms with E-state index in [1.807, 2.05) is 46.2 Å². The van der Waals surface area contributed by atoms with Crippen molar-refractivity contribution in [3.05, 3.63) is 23.0 Å². The number of fused-ring (bicyclic) bond motifs is 1. The van der Waals surface area contributed by atoms with E-state index in [0.717, 1.165) is 18.5 Å². The van der Waals surface area contributed by atoms with E-state index in [1.54, 1.807) is 6.07 Å². The van der Waals surface area contributed by atoms with Gasteiger partial charge < -0.3 is 10.4 Å². The van der Waals surface area contributed by atoms with Gasteiger partial charge in [-0.15, -0.1) is 0 Å². The first-order valence-corrected chi connectivity index (χ1v) is 9.45. The van der Waals surface area contributed by atoms with Gasteiger partial charge in [0.15, 0.2) is 5.65 Å². The van der Waals surface area contributed by atoms with Crippen molar-refractivity contribution >= 4 is 22.9 Å². The van der Waals surface area contributed by atoms with Crippen LogP contribution in [0, 0.1) is 12.8 Å². The quantitative estimate of drug-likeness (QED) is 0.840. The molecule has 1 fully saturated rings. The smallest absolute Gasteiger partial charge is 0.326 e. The minimum absolute atomic E-state index is 0.0201. The number of carboxylic acid groups (broad SMARTS) is 1. The summed E-state index contributed by atoms with van der Waals surface area (Å²) in [5.74, 6) is -1.21. The standard InChI is InChI=1S/C20H28N4O3/c1-10(2)14-9-13(18(25)22-16(19(26)27)12-7-8-12)15-11(3)23-24(17(15)21-14)20(4,5)6/h9-10,12,16H,7-8H2,1-6H3,(H,22,25)(H,26,27). The van der Waals surface area contributed by atoms with Crippen molar-refractivity contribution in [2.24, 2.45) is 5.92 Å². The third-order valence-electron chi connectivity index (χ3n) is 4.95. The summed E-state index contributed by atoms with van der Waals surface area (Å²) in [6, 6.07) is 0.928. The van der Waals surface area contributed by atoms with Gasteiger partial charge in [-0.2, -0.15) is 5.10 Å². The van der Waals surface area contributed by atoms with Crippen molar-refractivity contribution in [2.75, 3.05) is 0 Å². The molecule has 0 radical (unpaired) electrons. The zero-order valence-corrected chi connectivity index (χ0v) is 16.8. The van der Waals surface area contributed by atoms with Gasteiger partial charge in [0.2, 0.25) is 0 Å². The molecular weight excluding hydrogens is 344 g/mol. The van der Waals surface area contributed by atoms with Gasteiger partial charge in [0.25, 0.3) is 5.91 Å². The Balaban J connectivity index is 2.14. The molecule has 0 bridgehead atoms. The molecule has 27 heavy (non-hydrogen) atoms. The lowest BCUT2D eigenvalue weighted by Gasteiger charge is -2.21. The number of rotatable bonds is 5. The monoisotopic (exact) mass is 372 g/mol. The molecule has 1 aliphatic rings. The van der Waals surface area contributed by atoms with Crippen molar-refractivity contribution in [3.63, 3.8) is 0 Å². The lowest BCUT2D eigenvalue weighted by atomic mass is 10.0. The highest BCUT2D eigenvalue weighted by atomic mass is 16.4. The molecule has 2 aromatic rings. The molecule has 0 aliphatic heterocycles. The van der Waals surface area contributed by atoms with E-state index in [4.69, 9.17) is 4.98 Å². The number of aryl methyl sites for hydroxylation is 1. The van der Waals surface area contributed by atoms with Gasteiger partial charge in [0.05, 0.1) is 22.2 Å². The van der Waals surface area contributed by atoms with Gasteiger partial charge in [-0.3, -0.25) is 4.79 Å². The van der Waals surface area contributed by atoms with Gasteiger partial charge in [-0.1, -0.05) is 13.8 Å². The summed E-state index contributed by atoms with van der Waals surface area (Å²) < 4.78 is 1.84. The number of carboxylic acids is 1. The van der Waals surface area contributed by atoms with Gasteiger partial charge in [-0.05, 0) is 58.4 Å². The number of pyridine rings is 1. The summed E-state index contributed by atoms with van der Waals surface area (Å²) >= 11 is 0. The molecular formula is C20H28N4O3. The van der Waals surface area contributed by atoms with Crippen molar-refractivity contribution in [2.45, 2.75) is 71.9 Å². The normalized spacial score (nSPS) is 16.0. The molecule has 1 saturated carbocycles. The highest BCUT2D eigenvalue weighted by molar-refractivity contribution is 6.07. The molecule has 0 aromatic carbocycles. The van der Waals surface area contributed by atoms with E-state index in [0.29, 0.717) is 22.3 Å². The van der Waals surface area contributed by atoms with Gasteiger partial charge >= 0.3 is 5.97 Å². The second kappa shape index (κ2) is 6.62. The average Bonchev–Trinajstić information content (AvgIpc) is 3.33. The molecule has 3 rings (SSSR count). The number of aromatic nitrogens is 3. The Morgan fingerprint density at radius 3 is 2.41 bits per heavy atom. The van der Waals surface area contributed by atoms with E-state index in [2.05, 4.69) is 10.4 Å². The first-order valence-electron chi connectivity index (χ1n) is 9.45. The molecule has 0 spiro atoms. The first kappa shape index (κ1) is 19.3. The zero-order chi connectivity index (χ0) is 20.1. The maximum atomic E-state index is 13.1. The highest BCUT2D eigenvalue weighted by Gasteiger charge is 2.38. The van der Waals surface area contributed by atoms with E-state index < -0.39 is 12.0 Å². The number of nitrogens with zero attached hydrogens (tertiary/aromatic N) is 3. The number of carbonyl (C=O) groups is 2. The van der Waals surface area contributed by atoms with E-state index in [9.17, 15) is 14.7 Å². The van der Waals surface area contributed by atoms with Crippen LogP contribution in [0.3, 0.4) is 0 Å². The molecule has 2 aromatic heterocycles. The summed E-state index contributed by atoms with van der Waals surface area (Å²) in [7, 11) is 0. The van der Waals surface area contributed by atoms with Crippen molar-refractivity contribution in [3.8, 4) is 0 Å². The predicted octanol–water partition coefficient (Wildman–Crippen LogP) is 3.21. The van der Waals surface area contributed by atoms with Crippen LogP contribution in [0.4, 0.5) is 0 Å².